The van der Waals surface area contributed by atoms with E-state index in [0.717, 1.165) is 11.1 Å². The maximum absolute atomic E-state index is 12.0. The molecule has 0 amide bonds. The van der Waals surface area contributed by atoms with Gasteiger partial charge in [0.2, 0.25) is 0 Å². The van der Waals surface area contributed by atoms with Gasteiger partial charge in [-0.15, -0.1) is 0 Å². The summed E-state index contributed by atoms with van der Waals surface area (Å²) in [5.74, 6) is 0.582. The minimum absolute atomic E-state index is 0.0293. The molecule has 1 aliphatic carbocycles. The van der Waals surface area contributed by atoms with E-state index in [4.69, 9.17) is 9.94 Å². The highest BCUT2D eigenvalue weighted by molar-refractivity contribution is 6.04. The third kappa shape index (κ3) is 3.39. The van der Waals surface area contributed by atoms with Gasteiger partial charge in [-0.1, -0.05) is 17.3 Å². The van der Waals surface area contributed by atoms with Crippen LogP contribution in [0.4, 0.5) is 13.2 Å². The molecule has 0 fully saturated rings. The molecule has 0 spiro atoms. The van der Waals surface area contributed by atoms with E-state index < -0.39 is 12.6 Å². The Balaban J connectivity index is 1.97. The van der Waals surface area contributed by atoms with Gasteiger partial charge in [-0.3, -0.25) is 0 Å². The van der Waals surface area contributed by atoms with Gasteiger partial charge in [0.1, 0.15) is 5.75 Å². The molecule has 6 heteroatoms. The van der Waals surface area contributed by atoms with Crippen molar-refractivity contribution in [3.63, 3.8) is 0 Å². The van der Waals surface area contributed by atoms with Crippen LogP contribution in [0.5, 0.6) is 5.75 Å². The molecule has 0 atom stereocenters. The maximum Gasteiger partial charge on any atom is 0.389 e. The van der Waals surface area contributed by atoms with E-state index in [1.807, 2.05) is 6.07 Å². The van der Waals surface area contributed by atoms with Gasteiger partial charge < -0.3 is 9.94 Å². The van der Waals surface area contributed by atoms with Crippen molar-refractivity contribution in [3.8, 4) is 5.75 Å². The molecule has 0 bridgehead atoms. The van der Waals surface area contributed by atoms with Gasteiger partial charge in [-0.2, -0.15) is 13.2 Å². The van der Waals surface area contributed by atoms with Crippen LogP contribution in [0, 0.1) is 0 Å². The topological polar surface area (TPSA) is 41.8 Å². The number of hydrogen-bond donors (Lipinski definition) is 1. The van der Waals surface area contributed by atoms with Gasteiger partial charge in [0, 0.05) is 17.5 Å². The van der Waals surface area contributed by atoms with E-state index in [2.05, 4.69) is 5.16 Å². The third-order valence-corrected chi connectivity index (χ3v) is 3.04. The molecule has 0 saturated carbocycles. The summed E-state index contributed by atoms with van der Waals surface area (Å²) in [5.41, 5.74) is 2.31. The number of fused-ring (bicyclic) bond motifs is 1. The normalized spacial score (nSPS) is 16.7. The molecule has 1 aromatic rings. The Morgan fingerprint density at radius 1 is 1.26 bits per heavy atom. The summed E-state index contributed by atoms with van der Waals surface area (Å²) in [4.78, 5) is 0. The van der Waals surface area contributed by atoms with Crippen LogP contribution in [-0.2, 0) is 6.42 Å². The van der Waals surface area contributed by atoms with Crippen molar-refractivity contribution in [1.82, 2.24) is 0 Å². The predicted molar refractivity (Wildman–Crippen MR) is 63.9 cm³/mol. The van der Waals surface area contributed by atoms with E-state index in [1.54, 1.807) is 12.1 Å². The average molecular weight is 273 g/mol. The lowest BCUT2D eigenvalue weighted by atomic mass is 10.1. The smallest absolute Gasteiger partial charge is 0.389 e. The van der Waals surface area contributed by atoms with E-state index in [9.17, 15) is 13.2 Å². The van der Waals surface area contributed by atoms with Gasteiger partial charge in [0.15, 0.2) is 0 Å². The Bertz CT molecular complexity index is 483. The van der Waals surface area contributed by atoms with Gasteiger partial charge in [-0.25, -0.2) is 0 Å². The molecule has 3 nitrogen and oxygen atoms in total. The largest absolute Gasteiger partial charge is 0.493 e. The first-order valence-corrected chi connectivity index (χ1v) is 6.04. The highest BCUT2D eigenvalue weighted by Gasteiger charge is 2.26. The van der Waals surface area contributed by atoms with E-state index >= 15 is 0 Å². The van der Waals surface area contributed by atoms with Crippen molar-refractivity contribution in [2.24, 2.45) is 5.16 Å². The molecular formula is C13H14F3NO2. The molecule has 1 aromatic carbocycles. The molecule has 19 heavy (non-hydrogen) atoms. The van der Waals surface area contributed by atoms with Crippen LogP contribution < -0.4 is 4.74 Å². The zero-order valence-electron chi connectivity index (χ0n) is 10.2. The second-order valence-corrected chi connectivity index (χ2v) is 4.40. The first-order valence-electron chi connectivity index (χ1n) is 6.04. The van der Waals surface area contributed by atoms with Gasteiger partial charge >= 0.3 is 6.18 Å². The van der Waals surface area contributed by atoms with E-state index in [-0.39, 0.29) is 13.0 Å². The van der Waals surface area contributed by atoms with Crippen molar-refractivity contribution < 1.29 is 23.1 Å². The molecule has 1 aliphatic rings. The molecular weight excluding hydrogens is 259 g/mol. The summed E-state index contributed by atoms with van der Waals surface area (Å²) in [6.07, 6.45) is -3.74. The number of oxime groups is 1. The number of ether oxygens (including phenoxy) is 1. The number of alkyl halides is 3. The predicted octanol–water partition coefficient (Wildman–Crippen LogP) is 3.53. The number of nitrogens with zero attached hydrogens (tertiary/aromatic N) is 1. The molecule has 1 N–H and O–H groups in total. The van der Waals surface area contributed by atoms with Crippen molar-refractivity contribution in [3.05, 3.63) is 29.3 Å². The molecule has 0 heterocycles. The number of rotatable bonds is 4. The third-order valence-electron chi connectivity index (χ3n) is 3.04. The Labute approximate surface area is 108 Å². The molecule has 0 aliphatic heterocycles. The van der Waals surface area contributed by atoms with Crippen LogP contribution >= 0.6 is 0 Å². The molecule has 104 valence electrons. The Kier molecular flexibility index (Phi) is 3.97. The number of hydrogen-bond acceptors (Lipinski definition) is 3. The Morgan fingerprint density at radius 3 is 2.74 bits per heavy atom. The zero-order chi connectivity index (χ0) is 13.9. The van der Waals surface area contributed by atoms with E-state index in [1.165, 1.54) is 0 Å². The van der Waals surface area contributed by atoms with Crippen LogP contribution in [0.2, 0.25) is 0 Å². The lowest BCUT2D eigenvalue weighted by Crippen LogP contribution is -2.10. The second kappa shape index (κ2) is 5.50. The molecule has 0 saturated heterocycles. The summed E-state index contributed by atoms with van der Waals surface area (Å²) in [7, 11) is 0. The average Bonchev–Trinajstić information content (AvgIpc) is 2.77. The summed E-state index contributed by atoms with van der Waals surface area (Å²) in [5, 5.41) is 12.0. The fourth-order valence-corrected chi connectivity index (χ4v) is 2.17. The fourth-order valence-electron chi connectivity index (χ4n) is 2.17. The van der Waals surface area contributed by atoms with Crippen LogP contribution in [0.25, 0.3) is 0 Å². The van der Waals surface area contributed by atoms with Crippen LogP contribution in [-0.4, -0.2) is 23.7 Å². The first kappa shape index (κ1) is 13.7. The van der Waals surface area contributed by atoms with Crippen molar-refractivity contribution in [1.29, 1.82) is 0 Å². The lowest BCUT2D eigenvalue weighted by Gasteiger charge is -2.11. The summed E-state index contributed by atoms with van der Waals surface area (Å²) in [6, 6.07) is 5.29. The minimum Gasteiger partial charge on any atom is -0.493 e. The maximum atomic E-state index is 12.0. The van der Waals surface area contributed by atoms with Crippen LogP contribution in [0.1, 0.15) is 30.4 Å². The Morgan fingerprint density at radius 2 is 2.05 bits per heavy atom. The van der Waals surface area contributed by atoms with Gasteiger partial charge in [0.05, 0.1) is 12.3 Å². The highest BCUT2D eigenvalue weighted by Crippen LogP contribution is 2.31. The quantitative estimate of drug-likeness (QED) is 0.518. The monoisotopic (exact) mass is 273 g/mol. The standard InChI is InChI=1S/C13H14F3NO2/c14-13(15,16)7-2-8-19-12-4-1-3-9-10(12)5-6-11(9)17-18/h1,3-4,18H,2,5-8H2/b17-11-. The van der Waals surface area contributed by atoms with Crippen molar-refractivity contribution in [2.75, 3.05) is 6.61 Å². The number of benzene rings is 1. The summed E-state index contributed by atoms with van der Waals surface area (Å²) < 4.78 is 41.4. The Hall–Kier alpha value is -1.72. The highest BCUT2D eigenvalue weighted by atomic mass is 19.4. The van der Waals surface area contributed by atoms with E-state index in [0.29, 0.717) is 24.3 Å². The molecule has 0 aromatic heterocycles. The van der Waals surface area contributed by atoms with Crippen LogP contribution in [0.15, 0.2) is 23.4 Å². The second-order valence-electron chi connectivity index (χ2n) is 4.40. The number of halogens is 3. The van der Waals surface area contributed by atoms with Crippen LogP contribution in [0.3, 0.4) is 0 Å². The first-order chi connectivity index (χ1) is 9.01. The fraction of sp³-hybridized carbons (Fsp3) is 0.462. The summed E-state index contributed by atoms with van der Waals surface area (Å²) in [6.45, 7) is 0.0293. The minimum atomic E-state index is -4.14. The van der Waals surface area contributed by atoms with Crippen molar-refractivity contribution >= 4 is 5.71 Å². The molecule has 0 radical (unpaired) electrons. The SMILES string of the molecule is O/N=C1/CCc2c(OCCCC(F)(F)F)cccc21. The lowest BCUT2D eigenvalue weighted by molar-refractivity contribution is -0.136. The van der Waals surface area contributed by atoms with Gasteiger partial charge in [0.25, 0.3) is 0 Å². The molecule has 2 rings (SSSR count). The zero-order valence-corrected chi connectivity index (χ0v) is 10.2. The van der Waals surface area contributed by atoms with Crippen molar-refractivity contribution in [2.45, 2.75) is 31.9 Å². The molecule has 0 unspecified atom stereocenters. The van der Waals surface area contributed by atoms with Gasteiger partial charge in [-0.05, 0) is 25.3 Å². The summed E-state index contributed by atoms with van der Waals surface area (Å²) >= 11 is 0.